The Labute approximate surface area is 85.4 Å². The normalized spacial score (nSPS) is 11.7. The topological polar surface area (TPSA) is 32.6 Å². The van der Waals surface area contributed by atoms with Gasteiger partial charge in [-0.1, -0.05) is 17.3 Å². The maximum atomic E-state index is 8.44. The Bertz CT molecular complexity index is 279. The van der Waals surface area contributed by atoms with E-state index in [0.29, 0.717) is 6.42 Å². The van der Waals surface area contributed by atoms with Crippen molar-refractivity contribution in [3.63, 3.8) is 0 Å². The summed E-state index contributed by atoms with van der Waals surface area (Å²) in [7, 11) is 0. The first-order valence-corrected chi connectivity index (χ1v) is 4.72. The molecule has 0 aliphatic carbocycles. The van der Waals surface area contributed by atoms with Gasteiger partial charge in [-0.05, 0) is 47.2 Å². The monoisotopic (exact) mass is 275 g/mol. The fraction of sp³-hybridized carbons (Fsp3) is 0.222. The molecule has 1 N–H and O–H groups in total. The van der Waals surface area contributed by atoms with Crippen molar-refractivity contribution in [2.45, 2.75) is 13.3 Å². The third-order valence-corrected chi connectivity index (χ3v) is 2.26. The molecule has 64 valence electrons. The lowest BCUT2D eigenvalue weighted by atomic mass is 10.1. The zero-order valence-corrected chi connectivity index (χ0v) is 8.95. The summed E-state index contributed by atoms with van der Waals surface area (Å²) in [5, 5.41) is 11.6. The van der Waals surface area contributed by atoms with Gasteiger partial charge in [0.1, 0.15) is 0 Å². The predicted octanol–water partition coefficient (Wildman–Crippen LogP) is 2.68. The number of oxime groups is 1. The summed E-state index contributed by atoms with van der Waals surface area (Å²) >= 11 is 2.26. The number of hydrogen-bond acceptors (Lipinski definition) is 2. The molecule has 12 heavy (non-hydrogen) atoms. The lowest BCUT2D eigenvalue weighted by Crippen LogP contribution is -1.96. The molecule has 0 saturated heterocycles. The van der Waals surface area contributed by atoms with Crippen molar-refractivity contribution in [3.05, 3.63) is 33.4 Å². The molecule has 0 spiro atoms. The van der Waals surface area contributed by atoms with Crippen molar-refractivity contribution >= 4 is 28.3 Å². The van der Waals surface area contributed by atoms with Crippen LogP contribution in [-0.4, -0.2) is 10.9 Å². The van der Waals surface area contributed by atoms with Gasteiger partial charge in [-0.15, -0.1) is 0 Å². The molecule has 1 aromatic rings. The minimum absolute atomic E-state index is 0.716. The van der Waals surface area contributed by atoms with Gasteiger partial charge < -0.3 is 5.21 Å². The zero-order valence-electron chi connectivity index (χ0n) is 6.79. The Kier molecular flexibility index (Phi) is 3.52. The summed E-state index contributed by atoms with van der Waals surface area (Å²) in [5.41, 5.74) is 1.90. The van der Waals surface area contributed by atoms with Gasteiger partial charge in [0, 0.05) is 9.99 Å². The van der Waals surface area contributed by atoms with Crippen LogP contribution in [0.15, 0.2) is 29.4 Å². The second kappa shape index (κ2) is 4.45. The minimum atomic E-state index is 0.716. The van der Waals surface area contributed by atoms with E-state index in [2.05, 4.69) is 27.7 Å². The third-order valence-electron chi connectivity index (χ3n) is 1.54. The largest absolute Gasteiger partial charge is 0.411 e. The predicted molar refractivity (Wildman–Crippen MR) is 57.8 cm³/mol. The maximum Gasteiger partial charge on any atom is 0.0583 e. The molecule has 0 fully saturated rings. The average molecular weight is 275 g/mol. The summed E-state index contributed by atoms with van der Waals surface area (Å²) in [6.07, 6.45) is 0.716. The molecule has 1 rings (SSSR count). The Hall–Kier alpha value is -0.580. The average Bonchev–Trinajstić information content (AvgIpc) is 2.09. The van der Waals surface area contributed by atoms with E-state index in [0.717, 1.165) is 5.71 Å². The van der Waals surface area contributed by atoms with Crippen LogP contribution in [0.25, 0.3) is 0 Å². The van der Waals surface area contributed by atoms with Gasteiger partial charge in [0.15, 0.2) is 0 Å². The second-order valence-electron chi connectivity index (χ2n) is 2.64. The summed E-state index contributed by atoms with van der Waals surface area (Å²) in [5.74, 6) is 0. The Morgan fingerprint density at radius 3 is 2.50 bits per heavy atom. The highest BCUT2D eigenvalue weighted by Crippen LogP contribution is 2.07. The van der Waals surface area contributed by atoms with Crippen LogP contribution in [0, 0.1) is 3.57 Å². The van der Waals surface area contributed by atoms with E-state index >= 15 is 0 Å². The van der Waals surface area contributed by atoms with Crippen LogP contribution in [0.3, 0.4) is 0 Å². The maximum absolute atomic E-state index is 8.44. The molecule has 3 heteroatoms. The molecule has 0 bridgehead atoms. The molecule has 0 aliphatic heterocycles. The van der Waals surface area contributed by atoms with E-state index < -0.39 is 0 Å². The van der Waals surface area contributed by atoms with Gasteiger partial charge in [0.25, 0.3) is 0 Å². The molecule has 0 amide bonds. The van der Waals surface area contributed by atoms with Crippen molar-refractivity contribution in [2.75, 3.05) is 0 Å². The number of benzene rings is 1. The van der Waals surface area contributed by atoms with E-state index in [1.165, 1.54) is 9.13 Å². The van der Waals surface area contributed by atoms with Gasteiger partial charge in [-0.2, -0.15) is 0 Å². The van der Waals surface area contributed by atoms with Crippen molar-refractivity contribution < 1.29 is 5.21 Å². The fourth-order valence-electron chi connectivity index (χ4n) is 0.933. The highest BCUT2D eigenvalue weighted by molar-refractivity contribution is 14.1. The van der Waals surface area contributed by atoms with Crippen LogP contribution >= 0.6 is 22.6 Å². The molecular weight excluding hydrogens is 265 g/mol. The van der Waals surface area contributed by atoms with Crippen LogP contribution in [0.4, 0.5) is 0 Å². The Morgan fingerprint density at radius 1 is 1.42 bits per heavy atom. The Morgan fingerprint density at radius 2 is 2.00 bits per heavy atom. The number of hydrogen-bond donors (Lipinski definition) is 1. The molecular formula is C9H10INO. The SMILES string of the molecule is C/C(Cc1ccc(I)cc1)=N/O. The molecule has 0 saturated carbocycles. The lowest BCUT2D eigenvalue weighted by Gasteiger charge is -1.98. The van der Waals surface area contributed by atoms with Gasteiger partial charge in [0.2, 0.25) is 0 Å². The van der Waals surface area contributed by atoms with Gasteiger partial charge in [-0.3, -0.25) is 0 Å². The van der Waals surface area contributed by atoms with Crippen molar-refractivity contribution in [2.24, 2.45) is 5.16 Å². The fourth-order valence-corrected chi connectivity index (χ4v) is 1.29. The van der Waals surface area contributed by atoms with Gasteiger partial charge in [-0.25, -0.2) is 0 Å². The first kappa shape index (κ1) is 9.51. The van der Waals surface area contributed by atoms with Gasteiger partial charge in [0.05, 0.1) is 5.71 Å². The van der Waals surface area contributed by atoms with Gasteiger partial charge >= 0.3 is 0 Å². The summed E-state index contributed by atoms with van der Waals surface area (Å²) in [4.78, 5) is 0. The van der Waals surface area contributed by atoms with Crippen molar-refractivity contribution in [3.8, 4) is 0 Å². The van der Waals surface area contributed by atoms with Crippen LogP contribution in [-0.2, 0) is 6.42 Å². The van der Waals surface area contributed by atoms with Crippen LogP contribution in [0.2, 0.25) is 0 Å². The standard InChI is InChI=1S/C9H10INO/c1-7(11-12)6-8-2-4-9(10)5-3-8/h2-5,12H,6H2,1H3/b11-7-. The Balaban J connectivity index is 2.71. The number of halogens is 1. The number of nitrogens with zero attached hydrogens (tertiary/aromatic N) is 1. The van der Waals surface area contributed by atoms with Crippen molar-refractivity contribution in [1.29, 1.82) is 0 Å². The second-order valence-corrected chi connectivity index (χ2v) is 3.88. The van der Waals surface area contributed by atoms with E-state index in [-0.39, 0.29) is 0 Å². The third kappa shape index (κ3) is 2.81. The molecule has 0 unspecified atom stereocenters. The van der Waals surface area contributed by atoms with E-state index in [4.69, 9.17) is 5.21 Å². The van der Waals surface area contributed by atoms with Crippen molar-refractivity contribution in [1.82, 2.24) is 0 Å². The number of rotatable bonds is 2. The summed E-state index contributed by atoms with van der Waals surface area (Å²) < 4.78 is 1.22. The first-order chi connectivity index (χ1) is 5.72. The molecule has 0 aliphatic rings. The van der Waals surface area contributed by atoms with Crippen LogP contribution in [0.1, 0.15) is 12.5 Å². The lowest BCUT2D eigenvalue weighted by molar-refractivity contribution is 0.317. The highest BCUT2D eigenvalue weighted by Gasteiger charge is 1.95. The zero-order chi connectivity index (χ0) is 8.97. The smallest absolute Gasteiger partial charge is 0.0583 e. The quantitative estimate of drug-likeness (QED) is 0.383. The summed E-state index contributed by atoms with van der Waals surface area (Å²) in [6.45, 7) is 1.80. The molecule has 0 aromatic heterocycles. The van der Waals surface area contributed by atoms with E-state index in [1.54, 1.807) is 6.92 Å². The van der Waals surface area contributed by atoms with E-state index in [1.807, 2.05) is 24.3 Å². The van der Waals surface area contributed by atoms with E-state index in [9.17, 15) is 0 Å². The molecule has 2 nitrogen and oxygen atoms in total. The summed E-state index contributed by atoms with van der Waals surface area (Å²) in [6, 6.07) is 8.16. The highest BCUT2D eigenvalue weighted by atomic mass is 127. The van der Waals surface area contributed by atoms with Crippen LogP contribution in [0.5, 0.6) is 0 Å². The molecule has 1 aromatic carbocycles. The molecule has 0 radical (unpaired) electrons. The molecule has 0 heterocycles. The van der Waals surface area contributed by atoms with Crippen LogP contribution < -0.4 is 0 Å². The first-order valence-electron chi connectivity index (χ1n) is 3.64. The minimum Gasteiger partial charge on any atom is -0.411 e. The molecule has 0 atom stereocenters.